The van der Waals surface area contributed by atoms with Crippen molar-refractivity contribution >= 4 is 17.5 Å². The molecule has 0 spiro atoms. The second-order valence-electron chi connectivity index (χ2n) is 5.35. The zero-order valence-electron chi connectivity index (χ0n) is 14.1. The fraction of sp³-hybridized carbons (Fsp3) is 0.222. The highest BCUT2D eigenvalue weighted by molar-refractivity contribution is 5.94. The summed E-state index contributed by atoms with van der Waals surface area (Å²) >= 11 is 0. The number of para-hydroxylation sites is 1. The number of ether oxygens (including phenoxy) is 2. The normalized spacial score (nSPS) is 10.8. The van der Waals surface area contributed by atoms with E-state index in [1.807, 2.05) is 6.07 Å². The molecule has 27 heavy (non-hydrogen) atoms. The van der Waals surface area contributed by atoms with E-state index in [4.69, 9.17) is 4.74 Å². The Hall–Kier alpha value is -3.23. The van der Waals surface area contributed by atoms with Crippen LogP contribution in [0.25, 0.3) is 0 Å². The minimum atomic E-state index is -4.42. The van der Waals surface area contributed by atoms with Crippen molar-refractivity contribution in [2.45, 2.75) is 6.18 Å². The van der Waals surface area contributed by atoms with Crippen LogP contribution in [-0.2, 0) is 9.59 Å². The smallest absolute Gasteiger partial charge is 0.422 e. The average molecular weight is 382 g/mol. The molecule has 6 nitrogen and oxygen atoms in total. The Kier molecular flexibility index (Phi) is 7.04. The molecule has 2 rings (SSSR count). The number of carbonyl (C=O) groups excluding carboxylic acids is 2. The van der Waals surface area contributed by atoms with Gasteiger partial charge in [-0.25, -0.2) is 0 Å². The van der Waals surface area contributed by atoms with Gasteiger partial charge in [-0.3, -0.25) is 9.59 Å². The summed E-state index contributed by atoms with van der Waals surface area (Å²) in [6.07, 6.45) is -4.42. The van der Waals surface area contributed by atoms with Crippen molar-refractivity contribution in [3.05, 3.63) is 54.6 Å². The molecule has 0 fully saturated rings. The molecule has 0 unspecified atom stereocenters. The van der Waals surface area contributed by atoms with E-state index in [2.05, 4.69) is 15.4 Å². The Labute approximate surface area is 153 Å². The molecule has 0 heterocycles. The molecule has 2 aromatic rings. The molecule has 0 saturated carbocycles. The lowest BCUT2D eigenvalue weighted by Gasteiger charge is -2.10. The summed E-state index contributed by atoms with van der Waals surface area (Å²) in [7, 11) is 0. The Morgan fingerprint density at radius 2 is 1.48 bits per heavy atom. The summed E-state index contributed by atoms with van der Waals surface area (Å²) in [6.45, 7) is -1.90. The van der Waals surface area contributed by atoms with Gasteiger partial charge >= 0.3 is 6.18 Å². The van der Waals surface area contributed by atoms with E-state index in [1.165, 1.54) is 24.3 Å². The van der Waals surface area contributed by atoms with Gasteiger partial charge in [-0.1, -0.05) is 18.2 Å². The molecule has 2 aromatic carbocycles. The molecule has 0 radical (unpaired) electrons. The molecule has 144 valence electrons. The van der Waals surface area contributed by atoms with Crippen molar-refractivity contribution in [3.8, 4) is 11.5 Å². The highest BCUT2D eigenvalue weighted by Gasteiger charge is 2.28. The molecule has 0 aromatic heterocycles. The average Bonchev–Trinajstić information content (AvgIpc) is 2.64. The lowest BCUT2D eigenvalue weighted by atomic mass is 10.3. The van der Waals surface area contributed by atoms with Crippen LogP contribution in [0.4, 0.5) is 18.9 Å². The van der Waals surface area contributed by atoms with Gasteiger partial charge in [-0.15, -0.1) is 0 Å². The number of alkyl halides is 3. The summed E-state index contributed by atoms with van der Waals surface area (Å²) in [6, 6.07) is 14.1. The Morgan fingerprint density at radius 1 is 0.852 bits per heavy atom. The quantitative estimate of drug-likeness (QED) is 0.736. The molecule has 0 bridgehead atoms. The first-order valence-electron chi connectivity index (χ1n) is 7.86. The van der Waals surface area contributed by atoms with Gasteiger partial charge in [-0.2, -0.15) is 13.2 Å². The predicted octanol–water partition coefficient (Wildman–Crippen LogP) is 2.76. The van der Waals surface area contributed by atoms with E-state index in [0.29, 0.717) is 11.4 Å². The zero-order chi connectivity index (χ0) is 19.7. The minimum Gasteiger partial charge on any atom is -0.484 e. The Morgan fingerprint density at radius 3 is 2.11 bits per heavy atom. The molecule has 0 atom stereocenters. The van der Waals surface area contributed by atoms with Crippen LogP contribution in [0.2, 0.25) is 0 Å². The first-order chi connectivity index (χ1) is 12.8. The highest BCUT2D eigenvalue weighted by Crippen LogP contribution is 2.20. The maximum Gasteiger partial charge on any atom is 0.422 e. The van der Waals surface area contributed by atoms with Crippen LogP contribution in [0.1, 0.15) is 0 Å². The van der Waals surface area contributed by atoms with Crippen molar-refractivity contribution < 1.29 is 32.2 Å². The van der Waals surface area contributed by atoms with E-state index >= 15 is 0 Å². The summed E-state index contributed by atoms with van der Waals surface area (Å²) < 4.78 is 46.0. The van der Waals surface area contributed by atoms with Crippen LogP contribution < -0.4 is 20.1 Å². The first kappa shape index (κ1) is 20.1. The van der Waals surface area contributed by atoms with Crippen molar-refractivity contribution in [2.75, 3.05) is 25.1 Å². The molecular formula is C18H17F3N2O4. The monoisotopic (exact) mass is 382 g/mol. The van der Waals surface area contributed by atoms with E-state index in [1.54, 1.807) is 24.3 Å². The number of carbonyl (C=O) groups is 2. The third-order valence-electron chi connectivity index (χ3n) is 3.10. The molecule has 0 aliphatic carbocycles. The summed E-state index contributed by atoms with van der Waals surface area (Å²) in [5.41, 5.74) is 0.356. The van der Waals surface area contributed by atoms with Crippen molar-refractivity contribution in [1.29, 1.82) is 0 Å². The summed E-state index contributed by atoms with van der Waals surface area (Å²) in [4.78, 5) is 23.4. The van der Waals surface area contributed by atoms with E-state index in [0.717, 1.165) is 0 Å². The van der Waals surface area contributed by atoms with E-state index in [-0.39, 0.29) is 18.9 Å². The Balaban J connectivity index is 1.69. The number of hydrogen-bond donors (Lipinski definition) is 2. The van der Waals surface area contributed by atoms with Gasteiger partial charge < -0.3 is 20.1 Å². The van der Waals surface area contributed by atoms with Crippen LogP contribution in [0.15, 0.2) is 54.6 Å². The molecule has 0 saturated heterocycles. The number of benzene rings is 2. The molecule has 2 N–H and O–H groups in total. The number of rotatable bonds is 8. The maximum absolute atomic E-state index is 12.1. The van der Waals surface area contributed by atoms with Crippen LogP contribution >= 0.6 is 0 Å². The van der Waals surface area contributed by atoms with Crippen LogP contribution in [0.3, 0.4) is 0 Å². The third-order valence-corrected chi connectivity index (χ3v) is 3.10. The van der Waals surface area contributed by atoms with Crippen LogP contribution in [0, 0.1) is 0 Å². The van der Waals surface area contributed by atoms with Crippen LogP contribution in [0.5, 0.6) is 11.5 Å². The van der Waals surface area contributed by atoms with E-state index in [9.17, 15) is 22.8 Å². The van der Waals surface area contributed by atoms with Crippen molar-refractivity contribution in [2.24, 2.45) is 0 Å². The highest BCUT2D eigenvalue weighted by atomic mass is 19.4. The Bertz CT molecular complexity index is 749. The van der Waals surface area contributed by atoms with Crippen LogP contribution in [-0.4, -0.2) is 37.7 Å². The standard InChI is InChI=1S/C18H17F3N2O4/c19-18(20,21)12-27-15-8-6-13(7-9-15)23-16(24)10-22-17(25)11-26-14-4-2-1-3-5-14/h1-9H,10-12H2,(H,22,25)(H,23,24). The van der Waals surface area contributed by atoms with Gasteiger partial charge in [0.25, 0.3) is 5.91 Å². The summed E-state index contributed by atoms with van der Waals surface area (Å²) in [5.74, 6) is -0.404. The predicted molar refractivity (Wildman–Crippen MR) is 91.6 cm³/mol. The van der Waals surface area contributed by atoms with Crippen molar-refractivity contribution in [3.63, 3.8) is 0 Å². The second-order valence-corrected chi connectivity index (χ2v) is 5.35. The van der Waals surface area contributed by atoms with E-state index < -0.39 is 24.6 Å². The lowest BCUT2D eigenvalue weighted by molar-refractivity contribution is -0.153. The zero-order valence-corrected chi connectivity index (χ0v) is 14.1. The van der Waals surface area contributed by atoms with Gasteiger partial charge in [0, 0.05) is 5.69 Å². The molecule has 9 heteroatoms. The topological polar surface area (TPSA) is 76.7 Å². The fourth-order valence-corrected chi connectivity index (χ4v) is 1.90. The number of nitrogens with one attached hydrogen (secondary N) is 2. The first-order valence-corrected chi connectivity index (χ1v) is 7.86. The van der Waals surface area contributed by atoms with Gasteiger partial charge in [0.05, 0.1) is 6.54 Å². The van der Waals surface area contributed by atoms with Gasteiger partial charge in [-0.05, 0) is 36.4 Å². The van der Waals surface area contributed by atoms with Gasteiger partial charge in [0.15, 0.2) is 13.2 Å². The maximum atomic E-state index is 12.1. The molecular weight excluding hydrogens is 365 g/mol. The largest absolute Gasteiger partial charge is 0.484 e. The summed E-state index contributed by atoms with van der Waals surface area (Å²) in [5, 5.41) is 4.89. The molecule has 2 amide bonds. The number of anilines is 1. The minimum absolute atomic E-state index is 0.0247. The number of halogens is 3. The lowest BCUT2D eigenvalue weighted by Crippen LogP contribution is -2.35. The third kappa shape index (κ3) is 8.13. The van der Waals surface area contributed by atoms with Crippen molar-refractivity contribution in [1.82, 2.24) is 5.32 Å². The second kappa shape index (κ2) is 9.46. The van der Waals surface area contributed by atoms with Gasteiger partial charge in [0.2, 0.25) is 5.91 Å². The molecule has 0 aliphatic rings. The number of amides is 2. The number of hydrogen-bond acceptors (Lipinski definition) is 4. The molecule has 0 aliphatic heterocycles. The fourth-order valence-electron chi connectivity index (χ4n) is 1.90. The SMILES string of the molecule is O=C(COc1ccccc1)NCC(=O)Nc1ccc(OCC(F)(F)F)cc1. The van der Waals surface area contributed by atoms with Gasteiger partial charge in [0.1, 0.15) is 11.5 Å².